The average Bonchev–Trinajstić information content (AvgIpc) is 3.02. The number of carbonyl (C=O) groups is 1. The number of nitrogens with one attached hydrogen (secondary N) is 1. The molecule has 0 spiro atoms. The molecule has 2 aliphatic rings. The number of thioether (sulfide) groups is 1. The monoisotopic (exact) mass is 435 g/mol. The number of fused-ring (bicyclic) bond motifs is 5. The van der Waals surface area contributed by atoms with E-state index in [1.165, 1.54) is 11.8 Å². The van der Waals surface area contributed by atoms with Gasteiger partial charge in [-0.2, -0.15) is 0 Å². The first kappa shape index (κ1) is 17.4. The summed E-state index contributed by atoms with van der Waals surface area (Å²) in [6.45, 7) is 0. The minimum atomic E-state index is -0.457. The Kier molecular flexibility index (Phi) is 4.13. The molecule has 0 aliphatic carbocycles. The van der Waals surface area contributed by atoms with Crippen molar-refractivity contribution >= 4 is 52.3 Å². The number of hydrogen-bond donors (Lipinski definition) is 1. The maximum Gasteiger partial charge on any atom is 0.316 e. The number of aromatic nitrogens is 1. The van der Waals surface area contributed by atoms with Crippen molar-refractivity contribution in [1.82, 2.24) is 4.98 Å². The minimum Gasteiger partial charge on any atom is -0.426 e. The topological polar surface area (TPSA) is 59.2 Å². The standard InChI is InChI=1S/C19H11Cl2NO3S2/c20-9-3-1-8(2-4-9)15-14-13(16-17(26-15)22-19(24)27-16)11-7-10(21)5-6-12(11)25-18(14)23/h1-7,13-15H,(H,22,24). The summed E-state index contributed by atoms with van der Waals surface area (Å²) in [7, 11) is 0. The van der Waals surface area contributed by atoms with Gasteiger partial charge in [-0.15, -0.1) is 0 Å². The van der Waals surface area contributed by atoms with Crippen LogP contribution in [-0.2, 0) is 4.79 Å². The molecule has 27 heavy (non-hydrogen) atoms. The van der Waals surface area contributed by atoms with Crippen LogP contribution in [0, 0.1) is 5.92 Å². The first-order valence-electron chi connectivity index (χ1n) is 8.17. The fourth-order valence-corrected chi connectivity index (χ4v) is 6.60. The number of H-pyrrole nitrogens is 1. The van der Waals surface area contributed by atoms with Crippen molar-refractivity contribution in [1.29, 1.82) is 0 Å². The summed E-state index contributed by atoms with van der Waals surface area (Å²) in [5.74, 6) is -0.533. The number of halogens is 2. The summed E-state index contributed by atoms with van der Waals surface area (Å²) < 4.78 is 5.63. The largest absolute Gasteiger partial charge is 0.426 e. The van der Waals surface area contributed by atoms with Crippen molar-refractivity contribution < 1.29 is 9.53 Å². The molecular weight excluding hydrogens is 425 g/mol. The minimum absolute atomic E-state index is 0.134. The lowest BCUT2D eigenvalue weighted by Gasteiger charge is -2.39. The van der Waals surface area contributed by atoms with Gasteiger partial charge in [0.05, 0.1) is 16.2 Å². The van der Waals surface area contributed by atoms with Crippen molar-refractivity contribution in [3.05, 3.63) is 78.2 Å². The zero-order valence-electron chi connectivity index (χ0n) is 13.6. The van der Waals surface area contributed by atoms with Gasteiger partial charge < -0.3 is 9.72 Å². The number of thiazole rings is 1. The third kappa shape index (κ3) is 2.83. The van der Waals surface area contributed by atoms with E-state index in [1.54, 1.807) is 24.3 Å². The van der Waals surface area contributed by atoms with E-state index in [0.717, 1.165) is 32.4 Å². The smallest absolute Gasteiger partial charge is 0.316 e. The van der Waals surface area contributed by atoms with Gasteiger partial charge >= 0.3 is 10.8 Å². The molecule has 3 unspecified atom stereocenters. The molecular formula is C19H11Cl2NO3S2. The van der Waals surface area contributed by atoms with E-state index in [4.69, 9.17) is 27.9 Å². The number of benzene rings is 2. The van der Waals surface area contributed by atoms with Crippen molar-refractivity contribution in [2.24, 2.45) is 5.92 Å². The second-order valence-corrected chi connectivity index (χ2v) is 9.44. The Morgan fingerprint density at radius 2 is 1.74 bits per heavy atom. The second kappa shape index (κ2) is 6.41. The van der Waals surface area contributed by atoms with Crippen molar-refractivity contribution in [2.45, 2.75) is 16.2 Å². The third-order valence-electron chi connectivity index (χ3n) is 4.84. The van der Waals surface area contributed by atoms with Crippen molar-refractivity contribution in [3.8, 4) is 5.75 Å². The number of hydrogen-bond acceptors (Lipinski definition) is 5. The molecule has 0 saturated carbocycles. The lowest BCUT2D eigenvalue weighted by molar-refractivity contribution is -0.140. The molecule has 1 N–H and O–H groups in total. The van der Waals surface area contributed by atoms with Gasteiger partial charge in [-0.05, 0) is 35.9 Å². The highest BCUT2D eigenvalue weighted by Gasteiger charge is 2.49. The highest BCUT2D eigenvalue weighted by Crippen LogP contribution is 2.58. The number of esters is 1. The van der Waals surface area contributed by atoms with E-state index in [0.29, 0.717) is 15.8 Å². The Bertz CT molecular complexity index is 1120. The molecule has 2 aromatic carbocycles. The Balaban J connectivity index is 1.74. The lowest BCUT2D eigenvalue weighted by Crippen LogP contribution is -2.37. The Hall–Kier alpha value is -1.73. The molecule has 2 aliphatic heterocycles. The van der Waals surface area contributed by atoms with Crippen LogP contribution in [0.15, 0.2) is 52.3 Å². The third-order valence-corrected chi connectivity index (χ3v) is 7.80. The summed E-state index contributed by atoms with van der Waals surface area (Å²) in [6, 6.07) is 12.7. The van der Waals surface area contributed by atoms with E-state index in [9.17, 15) is 9.59 Å². The number of aromatic amines is 1. The van der Waals surface area contributed by atoms with Gasteiger partial charge in [0.2, 0.25) is 0 Å². The van der Waals surface area contributed by atoms with Gasteiger partial charge in [-0.25, -0.2) is 0 Å². The van der Waals surface area contributed by atoms with Crippen LogP contribution in [0.25, 0.3) is 0 Å². The number of rotatable bonds is 1. The average molecular weight is 436 g/mol. The Morgan fingerprint density at radius 3 is 2.52 bits per heavy atom. The second-order valence-electron chi connectivity index (χ2n) is 6.40. The summed E-state index contributed by atoms with van der Waals surface area (Å²) in [4.78, 5) is 28.7. The molecule has 4 nitrogen and oxygen atoms in total. The molecule has 0 saturated heterocycles. The van der Waals surface area contributed by atoms with E-state index < -0.39 is 5.92 Å². The van der Waals surface area contributed by atoms with E-state index in [2.05, 4.69) is 4.98 Å². The molecule has 8 heteroatoms. The van der Waals surface area contributed by atoms with Crippen LogP contribution in [-0.4, -0.2) is 11.0 Å². The Morgan fingerprint density at radius 1 is 1.00 bits per heavy atom. The molecule has 0 amide bonds. The van der Waals surface area contributed by atoms with Gasteiger partial charge in [0.1, 0.15) is 5.75 Å². The predicted octanol–water partition coefficient (Wildman–Crippen LogP) is 5.26. The van der Waals surface area contributed by atoms with Crippen LogP contribution >= 0.6 is 46.3 Å². The first-order chi connectivity index (χ1) is 13.0. The van der Waals surface area contributed by atoms with Crippen LogP contribution in [0.4, 0.5) is 0 Å². The summed E-state index contributed by atoms with van der Waals surface area (Å²) >= 11 is 14.9. The Labute approximate surface area is 172 Å². The molecule has 3 aromatic rings. The fourth-order valence-electron chi connectivity index (χ4n) is 3.71. The van der Waals surface area contributed by atoms with E-state index in [-0.39, 0.29) is 22.0 Å². The molecule has 0 bridgehead atoms. The first-order valence-corrected chi connectivity index (χ1v) is 10.6. The summed E-state index contributed by atoms with van der Waals surface area (Å²) in [5.41, 5.74) is 1.79. The molecule has 0 radical (unpaired) electrons. The summed E-state index contributed by atoms with van der Waals surface area (Å²) in [6.07, 6.45) is 0. The molecule has 0 fully saturated rings. The zero-order valence-corrected chi connectivity index (χ0v) is 16.7. The molecule has 136 valence electrons. The van der Waals surface area contributed by atoms with Crippen LogP contribution in [0.5, 0.6) is 5.75 Å². The molecule has 1 aromatic heterocycles. The van der Waals surface area contributed by atoms with E-state index in [1.807, 2.05) is 18.2 Å². The lowest BCUT2D eigenvalue weighted by atomic mass is 9.78. The van der Waals surface area contributed by atoms with Gasteiger partial charge in [-0.1, -0.05) is 58.4 Å². The normalized spacial score (nSPS) is 23.2. The van der Waals surface area contributed by atoms with Gasteiger partial charge in [-0.3, -0.25) is 9.59 Å². The SMILES string of the molecule is O=C1Oc2ccc(Cl)cc2C2c3sc(=O)[nH]c3SC(c3ccc(Cl)cc3)C12. The maximum absolute atomic E-state index is 13.0. The van der Waals surface area contributed by atoms with Crippen LogP contribution in [0.2, 0.25) is 10.0 Å². The van der Waals surface area contributed by atoms with Crippen LogP contribution in [0.1, 0.15) is 27.2 Å². The van der Waals surface area contributed by atoms with Crippen molar-refractivity contribution in [3.63, 3.8) is 0 Å². The fraction of sp³-hybridized carbons (Fsp3) is 0.158. The molecule has 5 rings (SSSR count). The summed E-state index contributed by atoms with van der Waals surface area (Å²) in [5, 5.41) is 1.79. The highest BCUT2D eigenvalue weighted by molar-refractivity contribution is 7.99. The predicted molar refractivity (Wildman–Crippen MR) is 107 cm³/mol. The quantitative estimate of drug-likeness (QED) is 0.418. The van der Waals surface area contributed by atoms with Gasteiger partial charge in [0, 0.05) is 26.4 Å². The van der Waals surface area contributed by atoms with Crippen LogP contribution in [0.3, 0.4) is 0 Å². The van der Waals surface area contributed by atoms with Gasteiger partial charge in [0.25, 0.3) is 0 Å². The highest BCUT2D eigenvalue weighted by atomic mass is 35.5. The number of ether oxygens (including phenoxy) is 1. The maximum atomic E-state index is 13.0. The van der Waals surface area contributed by atoms with Crippen molar-refractivity contribution in [2.75, 3.05) is 0 Å². The van der Waals surface area contributed by atoms with E-state index >= 15 is 0 Å². The number of carbonyl (C=O) groups excluding carboxylic acids is 1. The zero-order chi connectivity index (χ0) is 18.7. The van der Waals surface area contributed by atoms with Gasteiger partial charge in [0.15, 0.2) is 0 Å². The molecule has 3 atom stereocenters. The van der Waals surface area contributed by atoms with Crippen LogP contribution < -0.4 is 9.61 Å². The molecule has 3 heterocycles.